The van der Waals surface area contributed by atoms with Gasteiger partial charge in [-0.25, -0.2) is 0 Å². The summed E-state index contributed by atoms with van der Waals surface area (Å²) in [7, 11) is 0. The first-order valence-electron chi connectivity index (χ1n) is 12.6. The van der Waals surface area contributed by atoms with Crippen LogP contribution in [0.5, 0.6) is 0 Å². The number of rotatable bonds is 4. The van der Waals surface area contributed by atoms with Crippen LogP contribution in [0.1, 0.15) is 24.0 Å². The molecule has 0 nitrogen and oxygen atoms in total. The lowest BCUT2D eigenvalue weighted by molar-refractivity contribution is 1.05. The van der Waals surface area contributed by atoms with Gasteiger partial charge in [0.1, 0.15) is 0 Å². The van der Waals surface area contributed by atoms with Crippen LogP contribution in [0, 0.1) is 0 Å². The molecular formula is C35H25Br. The third-order valence-electron chi connectivity index (χ3n) is 7.59. The molecule has 36 heavy (non-hydrogen) atoms. The fourth-order valence-corrected chi connectivity index (χ4v) is 6.37. The Hall–Kier alpha value is -3.68. The molecule has 0 bridgehead atoms. The molecule has 0 heterocycles. The average molecular weight is 525 g/mol. The van der Waals surface area contributed by atoms with Crippen molar-refractivity contribution in [1.82, 2.24) is 0 Å². The number of hydrogen-bond donors (Lipinski definition) is 0. The van der Waals surface area contributed by atoms with Crippen LogP contribution in [-0.2, 0) is 5.33 Å². The van der Waals surface area contributed by atoms with E-state index >= 15 is 0 Å². The van der Waals surface area contributed by atoms with Gasteiger partial charge in [0, 0.05) is 5.33 Å². The highest BCUT2D eigenvalue weighted by atomic mass is 79.9. The van der Waals surface area contributed by atoms with E-state index < -0.39 is 0 Å². The first-order chi connectivity index (χ1) is 17.8. The minimum absolute atomic E-state index is 0.847. The molecular weight excluding hydrogens is 500 g/mol. The molecule has 0 spiro atoms. The summed E-state index contributed by atoms with van der Waals surface area (Å²) in [5.41, 5.74) is 14.7. The minimum Gasteiger partial charge on any atom is -0.0876 e. The molecule has 0 aromatic heterocycles. The van der Waals surface area contributed by atoms with E-state index in [1.54, 1.807) is 0 Å². The van der Waals surface area contributed by atoms with Crippen molar-refractivity contribution in [3.8, 4) is 44.5 Å². The lowest BCUT2D eigenvalue weighted by Crippen LogP contribution is -1.98. The summed E-state index contributed by atoms with van der Waals surface area (Å²) < 4.78 is 0. The molecule has 0 saturated heterocycles. The topological polar surface area (TPSA) is 0 Å². The van der Waals surface area contributed by atoms with E-state index in [1.807, 2.05) is 0 Å². The minimum atomic E-state index is 0.847. The van der Waals surface area contributed by atoms with E-state index in [4.69, 9.17) is 0 Å². The first-order valence-corrected chi connectivity index (χ1v) is 13.8. The van der Waals surface area contributed by atoms with Gasteiger partial charge in [-0.05, 0) is 90.9 Å². The highest BCUT2D eigenvalue weighted by Gasteiger charge is 2.30. The fraction of sp³-hybridized carbons (Fsp3) is 0.0857. The molecule has 0 aliphatic heterocycles. The largest absolute Gasteiger partial charge is 0.0876 e. The molecule has 172 valence electrons. The van der Waals surface area contributed by atoms with Gasteiger partial charge in [-0.3, -0.25) is 0 Å². The monoisotopic (exact) mass is 524 g/mol. The van der Waals surface area contributed by atoms with Gasteiger partial charge in [0.15, 0.2) is 0 Å². The van der Waals surface area contributed by atoms with E-state index in [-0.39, 0.29) is 0 Å². The third-order valence-corrected chi connectivity index (χ3v) is 8.23. The molecule has 0 amide bonds. The maximum atomic E-state index is 3.68. The van der Waals surface area contributed by atoms with Crippen molar-refractivity contribution in [3.63, 3.8) is 0 Å². The van der Waals surface area contributed by atoms with Crippen molar-refractivity contribution in [3.05, 3.63) is 126 Å². The van der Waals surface area contributed by atoms with E-state index in [1.165, 1.54) is 72.0 Å². The van der Waals surface area contributed by atoms with Gasteiger partial charge in [-0.1, -0.05) is 125 Å². The molecule has 0 unspecified atom stereocenters. The molecule has 5 aromatic rings. The molecule has 1 heteroatoms. The van der Waals surface area contributed by atoms with Crippen LogP contribution in [0.25, 0.3) is 60.9 Å². The van der Waals surface area contributed by atoms with Crippen molar-refractivity contribution in [1.29, 1.82) is 0 Å². The van der Waals surface area contributed by atoms with Crippen LogP contribution >= 0.6 is 15.9 Å². The predicted octanol–water partition coefficient (Wildman–Crippen LogP) is 10.4. The quantitative estimate of drug-likeness (QED) is 0.201. The Kier molecular flexibility index (Phi) is 5.26. The lowest BCUT2D eigenvalue weighted by Gasteiger charge is -2.22. The number of fused-ring (bicyclic) bond motifs is 3. The van der Waals surface area contributed by atoms with Gasteiger partial charge in [0.25, 0.3) is 0 Å². The molecule has 0 atom stereocenters. The van der Waals surface area contributed by atoms with Crippen molar-refractivity contribution >= 4 is 32.3 Å². The van der Waals surface area contributed by atoms with E-state index in [2.05, 4.69) is 131 Å². The zero-order valence-electron chi connectivity index (χ0n) is 20.0. The fourth-order valence-electron chi connectivity index (χ4n) is 6.02. The number of allylic oxidation sites excluding steroid dienone is 4. The Morgan fingerprint density at radius 3 is 2.11 bits per heavy atom. The van der Waals surface area contributed by atoms with Gasteiger partial charge in [-0.2, -0.15) is 0 Å². The van der Waals surface area contributed by atoms with Gasteiger partial charge in [0.2, 0.25) is 0 Å². The Morgan fingerprint density at radius 2 is 1.36 bits per heavy atom. The smallest absolute Gasteiger partial charge is 0.0283 e. The Morgan fingerprint density at radius 1 is 0.611 bits per heavy atom. The third kappa shape index (κ3) is 3.34. The molecule has 0 N–H and O–H groups in total. The highest BCUT2D eigenvalue weighted by molar-refractivity contribution is 9.08. The second-order valence-corrected chi connectivity index (χ2v) is 10.2. The molecule has 2 aliphatic rings. The SMILES string of the molecule is BrCc1cccc(-c2cc(C3=CC=CCC3)c3c(c2-c2ccccc2)-c2cccc4cccc-3c24)c1. The van der Waals surface area contributed by atoms with Gasteiger partial charge in [-0.15, -0.1) is 0 Å². The van der Waals surface area contributed by atoms with Crippen molar-refractivity contribution in [2.45, 2.75) is 18.2 Å². The van der Waals surface area contributed by atoms with Crippen LogP contribution in [-0.4, -0.2) is 0 Å². The Bertz CT molecular complexity index is 1700. The predicted molar refractivity (Wildman–Crippen MR) is 158 cm³/mol. The van der Waals surface area contributed by atoms with E-state index in [0.29, 0.717) is 0 Å². The summed E-state index contributed by atoms with van der Waals surface area (Å²) >= 11 is 3.68. The molecule has 2 aliphatic carbocycles. The first kappa shape index (κ1) is 21.6. The zero-order valence-corrected chi connectivity index (χ0v) is 21.6. The molecule has 0 saturated carbocycles. The molecule has 0 fully saturated rings. The molecule has 5 aromatic carbocycles. The summed E-state index contributed by atoms with van der Waals surface area (Å²) in [5, 5.41) is 3.54. The lowest BCUT2D eigenvalue weighted by atomic mass is 9.81. The van der Waals surface area contributed by atoms with Crippen LogP contribution in [0.3, 0.4) is 0 Å². The summed E-state index contributed by atoms with van der Waals surface area (Å²) in [5.74, 6) is 0. The zero-order chi connectivity index (χ0) is 24.1. The maximum Gasteiger partial charge on any atom is 0.0283 e. The van der Waals surface area contributed by atoms with E-state index in [0.717, 1.165) is 18.2 Å². The van der Waals surface area contributed by atoms with Crippen LogP contribution in [0.4, 0.5) is 0 Å². The summed E-state index contributed by atoms with van der Waals surface area (Å²) in [6, 6.07) is 36.0. The summed E-state index contributed by atoms with van der Waals surface area (Å²) in [6.45, 7) is 0. The number of halogens is 1. The summed E-state index contributed by atoms with van der Waals surface area (Å²) in [6.07, 6.45) is 8.98. The maximum absolute atomic E-state index is 3.68. The molecule has 0 radical (unpaired) electrons. The van der Waals surface area contributed by atoms with Crippen LogP contribution in [0.15, 0.2) is 115 Å². The van der Waals surface area contributed by atoms with Gasteiger partial charge >= 0.3 is 0 Å². The molecule has 7 rings (SSSR count). The van der Waals surface area contributed by atoms with Crippen molar-refractivity contribution < 1.29 is 0 Å². The highest BCUT2D eigenvalue weighted by Crippen LogP contribution is 2.56. The van der Waals surface area contributed by atoms with Gasteiger partial charge in [0.05, 0.1) is 0 Å². The normalized spacial score (nSPS) is 13.6. The number of benzene rings is 5. The van der Waals surface area contributed by atoms with Gasteiger partial charge < -0.3 is 0 Å². The van der Waals surface area contributed by atoms with Crippen molar-refractivity contribution in [2.24, 2.45) is 0 Å². The second-order valence-electron chi connectivity index (χ2n) is 9.66. The number of hydrogen-bond acceptors (Lipinski definition) is 0. The van der Waals surface area contributed by atoms with Crippen molar-refractivity contribution in [2.75, 3.05) is 0 Å². The summed E-state index contributed by atoms with van der Waals surface area (Å²) in [4.78, 5) is 0. The Balaban J connectivity index is 1.67. The number of alkyl halides is 1. The standard InChI is InChI=1S/C35H25Br/c36-22-23-10-7-17-27(20-23)31-21-30(24-11-3-1-4-12-24)34-28-18-8-15-25-16-9-19-29(32(25)28)35(34)33(31)26-13-5-2-6-14-26/h1-3,5-11,13-21H,4,12,22H2. The van der Waals surface area contributed by atoms with Crippen LogP contribution in [0.2, 0.25) is 0 Å². The van der Waals surface area contributed by atoms with Crippen LogP contribution < -0.4 is 0 Å². The average Bonchev–Trinajstić information content (AvgIpc) is 3.29. The Labute approximate surface area is 220 Å². The second kappa shape index (κ2) is 8.76. The van der Waals surface area contributed by atoms with E-state index in [9.17, 15) is 0 Å².